The van der Waals surface area contributed by atoms with Gasteiger partial charge in [-0.1, -0.05) is 0 Å². The van der Waals surface area contributed by atoms with Gasteiger partial charge in [0.15, 0.2) is 0 Å². The Morgan fingerprint density at radius 2 is 1.80 bits per heavy atom. The smallest absolute Gasteiger partial charge is 0.456 e. The molecule has 0 aliphatic heterocycles. The summed E-state index contributed by atoms with van der Waals surface area (Å²) >= 11 is 0. The second kappa shape index (κ2) is 4.73. The van der Waals surface area contributed by atoms with E-state index in [-0.39, 0.29) is 6.61 Å². The first-order valence-electron chi connectivity index (χ1n) is 3.91. The van der Waals surface area contributed by atoms with Crippen molar-refractivity contribution in [3.63, 3.8) is 0 Å². The molecular weight excluding hydrogens is 227 g/mol. The van der Waals surface area contributed by atoms with Crippen LogP contribution < -0.4 is 0 Å². The van der Waals surface area contributed by atoms with Crippen molar-refractivity contribution in [2.75, 3.05) is 6.61 Å². The molecule has 0 spiro atoms. The number of ether oxygens (including phenoxy) is 1. The quantitative estimate of drug-likeness (QED) is 0.594. The van der Waals surface area contributed by atoms with E-state index in [0.29, 0.717) is 0 Å². The van der Waals surface area contributed by atoms with E-state index in [2.05, 4.69) is 4.74 Å². The molecule has 0 aromatic rings. The molecule has 0 aromatic heterocycles. The van der Waals surface area contributed by atoms with E-state index >= 15 is 0 Å². The minimum Gasteiger partial charge on any atom is -0.466 e. The highest BCUT2D eigenvalue weighted by atomic mass is 19.4. The number of rotatable bonds is 4. The number of aliphatic hydroxyl groups is 1. The number of aliphatic hydroxyl groups excluding tert-OH is 1. The Labute approximate surface area is 81.8 Å². The fourth-order valence-electron chi connectivity index (χ4n) is 0.695. The van der Waals surface area contributed by atoms with Gasteiger partial charge in [-0.3, -0.25) is 4.79 Å². The summed E-state index contributed by atoms with van der Waals surface area (Å²) in [6.45, 7) is 1.19. The fraction of sp³-hybridized carbons (Fsp3) is 0.857. The van der Waals surface area contributed by atoms with E-state index in [1.54, 1.807) is 0 Å². The maximum absolute atomic E-state index is 12.3. The lowest BCUT2D eigenvalue weighted by Crippen LogP contribution is -2.47. The monoisotopic (exact) mass is 236 g/mol. The van der Waals surface area contributed by atoms with Crippen LogP contribution in [0.15, 0.2) is 0 Å². The first kappa shape index (κ1) is 14.1. The van der Waals surface area contributed by atoms with Gasteiger partial charge in [0.1, 0.15) is 6.10 Å². The van der Waals surface area contributed by atoms with Crippen molar-refractivity contribution in [3.8, 4) is 0 Å². The lowest BCUT2D eigenvalue weighted by Gasteiger charge is -2.23. The number of hydrogen-bond acceptors (Lipinski definition) is 3. The summed E-state index contributed by atoms with van der Waals surface area (Å²) in [6.07, 6.45) is -10.4. The lowest BCUT2D eigenvalue weighted by molar-refractivity contribution is -0.312. The molecule has 1 atom stereocenters. The van der Waals surface area contributed by atoms with Crippen molar-refractivity contribution < 1.29 is 36.6 Å². The summed E-state index contributed by atoms with van der Waals surface area (Å²) in [7, 11) is 0. The number of hydrogen-bond donors (Lipinski definition) is 1. The molecule has 0 aliphatic rings. The number of carbonyl (C=O) groups is 1. The number of carbonyl (C=O) groups excluding carboxylic acids is 1. The molecule has 0 aromatic carbocycles. The predicted molar refractivity (Wildman–Crippen MR) is 38.3 cm³/mol. The van der Waals surface area contributed by atoms with Crippen LogP contribution in [0.25, 0.3) is 0 Å². The second-order valence-electron chi connectivity index (χ2n) is 2.65. The highest BCUT2D eigenvalue weighted by Crippen LogP contribution is 2.39. The fourth-order valence-corrected chi connectivity index (χ4v) is 0.695. The minimum absolute atomic E-state index is 0.164. The van der Waals surface area contributed by atoms with Gasteiger partial charge in [-0.05, 0) is 6.92 Å². The van der Waals surface area contributed by atoms with Gasteiger partial charge in [0.25, 0.3) is 0 Å². The molecule has 90 valence electrons. The molecule has 0 saturated carbocycles. The molecule has 0 heterocycles. The molecule has 1 unspecified atom stereocenters. The maximum Gasteiger partial charge on any atom is 0.456 e. The van der Waals surface area contributed by atoms with Crippen molar-refractivity contribution in [1.82, 2.24) is 0 Å². The molecule has 0 amide bonds. The van der Waals surface area contributed by atoms with Gasteiger partial charge in [0.2, 0.25) is 0 Å². The van der Waals surface area contributed by atoms with Crippen LogP contribution in [-0.4, -0.2) is 35.9 Å². The van der Waals surface area contributed by atoms with E-state index in [4.69, 9.17) is 5.11 Å². The molecule has 15 heavy (non-hydrogen) atoms. The van der Waals surface area contributed by atoms with Crippen molar-refractivity contribution in [2.24, 2.45) is 0 Å². The largest absolute Gasteiger partial charge is 0.466 e. The van der Waals surface area contributed by atoms with Crippen LogP contribution in [-0.2, 0) is 9.53 Å². The number of alkyl halides is 5. The Hall–Kier alpha value is -0.920. The molecule has 0 saturated heterocycles. The average molecular weight is 236 g/mol. The molecule has 8 heteroatoms. The van der Waals surface area contributed by atoms with Crippen molar-refractivity contribution in [1.29, 1.82) is 0 Å². The number of halogens is 5. The summed E-state index contributed by atoms with van der Waals surface area (Å²) in [5, 5.41) is 8.54. The third-order valence-electron chi connectivity index (χ3n) is 1.46. The zero-order valence-electron chi connectivity index (χ0n) is 7.65. The van der Waals surface area contributed by atoms with Crippen LogP contribution in [0, 0.1) is 0 Å². The molecule has 3 nitrogen and oxygen atoms in total. The van der Waals surface area contributed by atoms with Gasteiger partial charge in [-0.25, -0.2) is 0 Å². The Morgan fingerprint density at radius 1 is 1.33 bits per heavy atom. The Balaban J connectivity index is 4.44. The van der Waals surface area contributed by atoms with Crippen LogP contribution in [0.2, 0.25) is 0 Å². The zero-order chi connectivity index (χ0) is 12.3. The van der Waals surface area contributed by atoms with Gasteiger partial charge in [0.05, 0.1) is 13.0 Å². The van der Waals surface area contributed by atoms with E-state index < -0.39 is 30.6 Å². The van der Waals surface area contributed by atoms with Crippen LogP contribution in [0.5, 0.6) is 0 Å². The minimum atomic E-state index is -5.89. The van der Waals surface area contributed by atoms with Crippen molar-refractivity contribution in [2.45, 2.75) is 31.5 Å². The van der Waals surface area contributed by atoms with E-state index in [1.807, 2.05) is 0 Å². The van der Waals surface area contributed by atoms with Crippen LogP contribution in [0.1, 0.15) is 13.3 Å². The summed E-state index contributed by atoms with van der Waals surface area (Å²) in [5.41, 5.74) is 0. The second-order valence-corrected chi connectivity index (χ2v) is 2.65. The van der Waals surface area contributed by atoms with Gasteiger partial charge in [-0.2, -0.15) is 22.0 Å². The lowest BCUT2D eigenvalue weighted by atomic mass is 10.1. The highest BCUT2D eigenvalue weighted by molar-refractivity contribution is 5.70. The summed E-state index contributed by atoms with van der Waals surface area (Å²) in [5.74, 6) is -6.63. The predicted octanol–water partition coefficient (Wildman–Crippen LogP) is 1.50. The Kier molecular flexibility index (Phi) is 4.44. The molecule has 0 rings (SSSR count). The van der Waals surface area contributed by atoms with E-state index in [1.165, 1.54) is 6.92 Å². The molecular formula is C7H9F5O3. The van der Waals surface area contributed by atoms with E-state index in [9.17, 15) is 26.7 Å². The maximum atomic E-state index is 12.3. The molecule has 0 radical (unpaired) electrons. The third-order valence-corrected chi connectivity index (χ3v) is 1.46. The van der Waals surface area contributed by atoms with E-state index in [0.717, 1.165) is 0 Å². The first-order chi connectivity index (χ1) is 6.63. The van der Waals surface area contributed by atoms with Gasteiger partial charge < -0.3 is 9.84 Å². The SMILES string of the molecule is CCOC(=O)CC(O)C(F)(F)C(F)(F)F. The molecule has 0 bridgehead atoms. The molecule has 1 N–H and O–H groups in total. The Bertz CT molecular complexity index is 225. The van der Waals surface area contributed by atoms with Crippen molar-refractivity contribution >= 4 is 5.97 Å². The third kappa shape index (κ3) is 3.61. The van der Waals surface area contributed by atoms with Crippen molar-refractivity contribution in [3.05, 3.63) is 0 Å². The van der Waals surface area contributed by atoms with Gasteiger partial charge in [0, 0.05) is 0 Å². The molecule has 0 aliphatic carbocycles. The Morgan fingerprint density at radius 3 is 2.13 bits per heavy atom. The van der Waals surface area contributed by atoms with Crippen LogP contribution in [0.4, 0.5) is 22.0 Å². The summed E-state index contributed by atoms with van der Waals surface area (Å²) < 4.78 is 63.8. The summed E-state index contributed by atoms with van der Waals surface area (Å²) in [6, 6.07) is 0. The van der Waals surface area contributed by atoms with Crippen LogP contribution in [0.3, 0.4) is 0 Å². The van der Waals surface area contributed by atoms with Gasteiger partial charge >= 0.3 is 18.1 Å². The topological polar surface area (TPSA) is 46.5 Å². The molecule has 0 fully saturated rings. The normalized spacial score (nSPS) is 14.9. The number of esters is 1. The van der Waals surface area contributed by atoms with Gasteiger partial charge in [-0.15, -0.1) is 0 Å². The standard InChI is InChI=1S/C7H9F5O3/c1-2-15-5(14)3-4(13)6(8,9)7(10,11)12/h4,13H,2-3H2,1H3. The average Bonchev–Trinajstić information content (AvgIpc) is 2.02. The zero-order valence-corrected chi connectivity index (χ0v) is 7.65. The first-order valence-corrected chi connectivity index (χ1v) is 3.91. The van der Waals surface area contributed by atoms with Crippen LogP contribution >= 0.6 is 0 Å². The summed E-state index contributed by atoms with van der Waals surface area (Å²) in [4.78, 5) is 10.5. The highest BCUT2D eigenvalue weighted by Gasteiger charge is 2.62.